The lowest BCUT2D eigenvalue weighted by atomic mass is 9.93. The molecule has 2 N–H and O–H groups in total. The standard InChI is InChI=1S/C49H73N7O7S/c1-13-21-37(63-12)30-40(57)51-38(28-35-22-17-15-18-23-35)46(59)55(10)43(33(5)6)45(58)52-42(32(3)4)48(61)56(11)44(34(7)14-2)49(62)54(9)39(29-36-24-19-16-20-25-36)47(60)53(8)31-41-50-26-27-64-41/h15-20,22-27,32-34,37-39,42-44H,13-14,21,28-31H2,1-12H3,(H,51,57)(H,52,58)/t34?,37-,38+,39+,42+,43-,44+/m1/s1. The summed E-state index contributed by atoms with van der Waals surface area (Å²) in [6.07, 6.45) is 3.98. The molecule has 6 amide bonds. The van der Waals surface area contributed by atoms with Crippen molar-refractivity contribution in [1.82, 2.24) is 35.2 Å². The number of benzene rings is 2. The molecule has 15 heteroatoms. The Hall–Kier alpha value is -5.15. The molecule has 0 bridgehead atoms. The lowest BCUT2D eigenvalue weighted by Crippen LogP contribution is -2.62. The first-order valence-electron chi connectivity index (χ1n) is 22.5. The van der Waals surface area contributed by atoms with Crippen LogP contribution in [0.3, 0.4) is 0 Å². The van der Waals surface area contributed by atoms with Crippen molar-refractivity contribution in [2.24, 2.45) is 17.8 Å². The van der Waals surface area contributed by atoms with Crippen molar-refractivity contribution in [1.29, 1.82) is 0 Å². The molecule has 0 fully saturated rings. The van der Waals surface area contributed by atoms with Crippen LogP contribution in [-0.4, -0.2) is 132 Å². The molecule has 1 aromatic heterocycles. The zero-order valence-electron chi connectivity index (χ0n) is 40.1. The quantitative estimate of drug-likeness (QED) is 0.111. The minimum atomic E-state index is -1.07. The van der Waals surface area contributed by atoms with Crippen LogP contribution in [0.2, 0.25) is 0 Å². The van der Waals surface area contributed by atoms with Crippen LogP contribution in [0, 0.1) is 17.8 Å². The third-order valence-electron chi connectivity index (χ3n) is 12.0. The van der Waals surface area contributed by atoms with E-state index in [-0.39, 0.29) is 55.6 Å². The van der Waals surface area contributed by atoms with Crippen molar-refractivity contribution >= 4 is 46.8 Å². The Kier molecular flexibility index (Phi) is 21.6. The van der Waals surface area contributed by atoms with E-state index in [2.05, 4.69) is 15.6 Å². The number of carbonyl (C=O) groups excluding carboxylic acids is 6. The van der Waals surface area contributed by atoms with Gasteiger partial charge in [0.05, 0.1) is 19.1 Å². The fraction of sp³-hybridized carbons (Fsp3) is 0.571. The van der Waals surface area contributed by atoms with Crippen molar-refractivity contribution in [2.45, 2.75) is 130 Å². The van der Waals surface area contributed by atoms with E-state index in [1.165, 1.54) is 26.0 Å². The zero-order valence-corrected chi connectivity index (χ0v) is 40.9. The molecule has 0 saturated heterocycles. The maximum atomic E-state index is 14.8. The third kappa shape index (κ3) is 15.0. The number of amides is 6. The number of methoxy groups -OCH3 is 1. The van der Waals surface area contributed by atoms with Gasteiger partial charge in [-0.05, 0) is 35.3 Å². The van der Waals surface area contributed by atoms with Crippen molar-refractivity contribution in [3.8, 4) is 0 Å². The van der Waals surface area contributed by atoms with E-state index < -0.39 is 59.8 Å². The lowest BCUT2D eigenvalue weighted by Gasteiger charge is -2.40. The minimum Gasteiger partial charge on any atom is -0.381 e. The van der Waals surface area contributed by atoms with Crippen LogP contribution < -0.4 is 10.6 Å². The second-order valence-corrected chi connectivity index (χ2v) is 18.6. The fourth-order valence-electron chi connectivity index (χ4n) is 8.02. The molecule has 0 saturated carbocycles. The van der Waals surface area contributed by atoms with Gasteiger partial charge in [0.2, 0.25) is 35.4 Å². The van der Waals surface area contributed by atoms with Gasteiger partial charge in [0.1, 0.15) is 35.2 Å². The second-order valence-electron chi connectivity index (χ2n) is 17.6. The molecule has 64 heavy (non-hydrogen) atoms. The topological polar surface area (TPSA) is 162 Å². The van der Waals surface area contributed by atoms with Crippen molar-refractivity contribution in [3.05, 3.63) is 88.4 Å². The number of aromatic nitrogens is 1. The van der Waals surface area contributed by atoms with Crippen LogP contribution in [-0.2, 0) is 52.9 Å². The van der Waals surface area contributed by atoms with Gasteiger partial charge >= 0.3 is 0 Å². The van der Waals surface area contributed by atoms with Crippen LogP contribution in [0.5, 0.6) is 0 Å². The molecule has 3 rings (SSSR count). The van der Waals surface area contributed by atoms with Crippen molar-refractivity contribution in [3.63, 3.8) is 0 Å². The summed E-state index contributed by atoms with van der Waals surface area (Å²) >= 11 is 1.44. The highest BCUT2D eigenvalue weighted by Gasteiger charge is 2.42. The molecular weight excluding hydrogens is 831 g/mol. The number of rotatable bonds is 25. The van der Waals surface area contributed by atoms with Gasteiger partial charge in [0.25, 0.3) is 0 Å². The zero-order chi connectivity index (χ0) is 47.7. The summed E-state index contributed by atoms with van der Waals surface area (Å²) < 4.78 is 5.51. The van der Waals surface area contributed by atoms with Crippen LogP contribution in [0.25, 0.3) is 0 Å². The second kappa shape index (κ2) is 26.0. The number of ether oxygens (including phenoxy) is 1. The Balaban J connectivity index is 1.91. The van der Waals surface area contributed by atoms with Crippen LogP contribution in [0.4, 0.5) is 0 Å². The number of hydrogen-bond donors (Lipinski definition) is 2. The maximum absolute atomic E-state index is 14.8. The number of hydrogen-bond acceptors (Lipinski definition) is 9. The van der Waals surface area contributed by atoms with E-state index in [0.29, 0.717) is 12.8 Å². The van der Waals surface area contributed by atoms with Gasteiger partial charge in [0.15, 0.2) is 0 Å². The summed E-state index contributed by atoms with van der Waals surface area (Å²) in [5.74, 6) is -3.60. The molecule has 0 spiro atoms. The van der Waals surface area contributed by atoms with E-state index in [4.69, 9.17) is 4.74 Å². The molecule has 0 aliphatic rings. The highest BCUT2D eigenvalue weighted by molar-refractivity contribution is 7.09. The summed E-state index contributed by atoms with van der Waals surface area (Å²) in [6, 6.07) is 13.9. The van der Waals surface area contributed by atoms with Gasteiger partial charge in [-0.25, -0.2) is 4.98 Å². The Bertz CT molecular complexity index is 1930. The lowest BCUT2D eigenvalue weighted by molar-refractivity contribution is -0.153. The normalized spacial score (nSPS) is 14.7. The maximum Gasteiger partial charge on any atom is 0.246 e. The van der Waals surface area contributed by atoms with Gasteiger partial charge < -0.3 is 35.0 Å². The van der Waals surface area contributed by atoms with E-state index in [1.807, 2.05) is 115 Å². The molecule has 0 aliphatic carbocycles. The third-order valence-corrected chi connectivity index (χ3v) is 12.7. The largest absolute Gasteiger partial charge is 0.381 e. The Morgan fingerprint density at radius 2 is 1.28 bits per heavy atom. The number of nitrogens with one attached hydrogen (secondary N) is 2. The van der Waals surface area contributed by atoms with Gasteiger partial charge in [-0.1, -0.05) is 122 Å². The molecule has 7 atom stereocenters. The highest BCUT2D eigenvalue weighted by atomic mass is 32.1. The molecule has 0 aliphatic heterocycles. The van der Waals surface area contributed by atoms with Crippen LogP contribution >= 0.6 is 11.3 Å². The molecule has 2 aromatic carbocycles. The summed E-state index contributed by atoms with van der Waals surface area (Å²) in [6.45, 7) is 13.4. The highest BCUT2D eigenvalue weighted by Crippen LogP contribution is 2.23. The first kappa shape index (κ1) is 53.2. The smallest absolute Gasteiger partial charge is 0.246 e. The van der Waals surface area contributed by atoms with Gasteiger partial charge in [-0.15, -0.1) is 11.3 Å². The summed E-state index contributed by atoms with van der Waals surface area (Å²) in [5, 5.41) is 8.50. The van der Waals surface area contributed by atoms with E-state index in [1.54, 1.807) is 46.4 Å². The molecular formula is C49H73N7O7S. The summed E-state index contributed by atoms with van der Waals surface area (Å²) in [5.41, 5.74) is 1.71. The summed E-state index contributed by atoms with van der Waals surface area (Å²) in [4.78, 5) is 96.0. The van der Waals surface area contributed by atoms with Crippen LogP contribution in [0.1, 0.15) is 90.3 Å². The fourth-order valence-corrected chi connectivity index (χ4v) is 8.69. The average molecular weight is 904 g/mol. The first-order valence-corrected chi connectivity index (χ1v) is 23.4. The molecule has 0 radical (unpaired) electrons. The molecule has 352 valence electrons. The number of likely N-dealkylation sites (N-methyl/N-ethyl adjacent to an activating group) is 4. The molecule has 1 unspecified atom stereocenters. The number of nitrogens with zero attached hydrogens (tertiary/aromatic N) is 5. The number of carbonyl (C=O) groups is 6. The van der Waals surface area contributed by atoms with Crippen molar-refractivity contribution in [2.75, 3.05) is 35.3 Å². The van der Waals surface area contributed by atoms with E-state index in [9.17, 15) is 28.8 Å². The SMILES string of the molecule is CCC[C@H](CC(=O)N[C@@H](Cc1ccccc1)C(=O)N(C)[C@@H](C(=O)N[C@H](C(=O)N(C)[C@H](C(=O)N(C)[C@@H](Cc1ccccc1)C(=O)N(C)Cc1nccs1)C(C)CC)C(C)C)C(C)C)OC. The Morgan fingerprint density at radius 3 is 1.78 bits per heavy atom. The van der Waals surface area contributed by atoms with Gasteiger partial charge in [0, 0.05) is 59.7 Å². The van der Waals surface area contributed by atoms with Gasteiger partial charge in [-0.3, -0.25) is 28.8 Å². The monoisotopic (exact) mass is 904 g/mol. The Morgan fingerprint density at radius 1 is 0.703 bits per heavy atom. The molecule has 3 aromatic rings. The van der Waals surface area contributed by atoms with Gasteiger partial charge in [-0.2, -0.15) is 0 Å². The van der Waals surface area contributed by atoms with Crippen LogP contribution in [0.15, 0.2) is 72.2 Å². The minimum absolute atomic E-state index is 0.0801. The predicted molar refractivity (Wildman–Crippen MR) is 252 cm³/mol. The van der Waals surface area contributed by atoms with E-state index in [0.717, 1.165) is 22.6 Å². The van der Waals surface area contributed by atoms with E-state index >= 15 is 0 Å². The first-order chi connectivity index (χ1) is 30.4. The summed E-state index contributed by atoms with van der Waals surface area (Å²) in [7, 11) is 7.97. The van der Waals surface area contributed by atoms with Crippen molar-refractivity contribution < 1.29 is 33.5 Å². The molecule has 1 heterocycles. The Labute approximate surface area is 385 Å². The molecule has 14 nitrogen and oxygen atoms in total. The predicted octanol–water partition coefficient (Wildman–Crippen LogP) is 5.60. The number of thiazole rings is 1. The average Bonchev–Trinajstić information content (AvgIpc) is 3.79.